The van der Waals surface area contributed by atoms with Gasteiger partial charge in [0.2, 0.25) is 5.88 Å². The highest BCUT2D eigenvalue weighted by Crippen LogP contribution is 2.38. The summed E-state index contributed by atoms with van der Waals surface area (Å²) in [5.74, 6) is 2.70. The molecule has 0 radical (unpaired) electrons. The number of methoxy groups -OCH3 is 1. The molecule has 3 aromatic rings. The number of allylic oxidation sites excluding steroid dienone is 2. The Morgan fingerprint density at radius 3 is 2.54 bits per heavy atom. The van der Waals surface area contributed by atoms with Crippen molar-refractivity contribution in [2.24, 2.45) is 0 Å². The highest BCUT2D eigenvalue weighted by Gasteiger charge is 2.19. The van der Waals surface area contributed by atoms with Crippen LogP contribution in [0.3, 0.4) is 0 Å². The number of ketones is 1. The fourth-order valence-corrected chi connectivity index (χ4v) is 5.05. The summed E-state index contributed by atoms with van der Waals surface area (Å²) in [6.45, 7) is 11.5. The summed E-state index contributed by atoms with van der Waals surface area (Å²) in [6.07, 6.45) is 2.51. The lowest BCUT2D eigenvalue weighted by Gasteiger charge is -2.34. The zero-order chi connectivity index (χ0) is 25.9. The Bertz CT molecular complexity index is 1350. The molecule has 2 aliphatic rings. The fraction of sp³-hybridized carbons (Fsp3) is 0.414. The van der Waals surface area contributed by atoms with Crippen molar-refractivity contribution in [1.29, 1.82) is 0 Å². The van der Waals surface area contributed by atoms with Crippen LogP contribution in [0.2, 0.25) is 0 Å². The number of hydrogen-bond acceptors (Lipinski definition) is 8. The Kier molecular flexibility index (Phi) is 7.39. The predicted octanol–water partition coefficient (Wildman–Crippen LogP) is 4.37. The quantitative estimate of drug-likeness (QED) is 0.427. The summed E-state index contributed by atoms with van der Waals surface area (Å²) in [6, 6.07) is 9.97. The van der Waals surface area contributed by atoms with Gasteiger partial charge in [-0.3, -0.25) is 14.6 Å². The fourth-order valence-electron chi connectivity index (χ4n) is 5.05. The van der Waals surface area contributed by atoms with Crippen LogP contribution in [0.1, 0.15) is 31.9 Å². The zero-order valence-corrected chi connectivity index (χ0v) is 22.0. The molecular weight excluding hydrogens is 468 g/mol. The van der Waals surface area contributed by atoms with Crippen molar-refractivity contribution in [2.45, 2.75) is 27.2 Å². The van der Waals surface area contributed by atoms with Crippen molar-refractivity contribution in [3.8, 4) is 23.1 Å². The molecule has 0 unspecified atom stereocenters. The standard InChI is InChI=1S/C29H34N4O4/c1-19-13-22-5-6-23(14-24(22)21(19)3)37-29-25-15-27(35-4)28(16-26(25)30-18-31-29)36-12-11-32-7-9-33(10-8-32)17-20(2)34/h5-6,14-16,18H,7-13,17H2,1-4H3. The molecule has 1 aromatic heterocycles. The first kappa shape index (κ1) is 25.2. The van der Waals surface area contributed by atoms with Gasteiger partial charge in [-0.25, -0.2) is 9.97 Å². The van der Waals surface area contributed by atoms with Crippen molar-refractivity contribution in [1.82, 2.24) is 19.8 Å². The van der Waals surface area contributed by atoms with Crippen LogP contribution in [0.25, 0.3) is 16.5 Å². The van der Waals surface area contributed by atoms with E-state index in [1.165, 1.54) is 28.6 Å². The second-order valence-corrected chi connectivity index (χ2v) is 9.87. The zero-order valence-electron chi connectivity index (χ0n) is 22.0. The predicted molar refractivity (Wildman–Crippen MR) is 144 cm³/mol. The Balaban J connectivity index is 1.27. The molecule has 0 bridgehead atoms. The van der Waals surface area contributed by atoms with Gasteiger partial charge in [-0.15, -0.1) is 0 Å². The van der Waals surface area contributed by atoms with Crippen molar-refractivity contribution in [2.75, 3.05) is 53.0 Å². The number of hydrogen-bond donors (Lipinski definition) is 0. The number of fused-ring (bicyclic) bond motifs is 2. The molecule has 2 aromatic carbocycles. The van der Waals surface area contributed by atoms with Crippen molar-refractivity contribution < 1.29 is 19.0 Å². The number of benzene rings is 2. The second-order valence-electron chi connectivity index (χ2n) is 9.87. The Labute approximate surface area is 217 Å². The first-order chi connectivity index (χ1) is 17.9. The number of Topliss-reactive ketones (excluding diaryl/α,β-unsaturated/α-hetero) is 1. The summed E-state index contributed by atoms with van der Waals surface area (Å²) >= 11 is 0. The number of nitrogens with zero attached hydrogens (tertiary/aromatic N) is 4. The molecule has 0 saturated carbocycles. The van der Waals surface area contributed by atoms with Crippen LogP contribution >= 0.6 is 0 Å². The third-order valence-electron chi connectivity index (χ3n) is 7.26. The van der Waals surface area contributed by atoms with Gasteiger partial charge >= 0.3 is 0 Å². The van der Waals surface area contributed by atoms with E-state index in [1.807, 2.05) is 18.2 Å². The van der Waals surface area contributed by atoms with Crippen LogP contribution in [0.5, 0.6) is 23.1 Å². The maximum absolute atomic E-state index is 11.3. The van der Waals surface area contributed by atoms with E-state index < -0.39 is 0 Å². The van der Waals surface area contributed by atoms with Gasteiger partial charge in [0.05, 0.1) is 24.6 Å². The van der Waals surface area contributed by atoms with Crippen molar-refractivity contribution in [3.05, 3.63) is 53.4 Å². The number of rotatable bonds is 9. The molecule has 0 N–H and O–H groups in total. The number of aromatic nitrogens is 2. The van der Waals surface area contributed by atoms with Gasteiger partial charge in [0.25, 0.3) is 0 Å². The number of carbonyl (C=O) groups is 1. The van der Waals surface area contributed by atoms with E-state index in [4.69, 9.17) is 14.2 Å². The SMILES string of the molecule is COc1cc2c(Oc3ccc4c(c3)C(C)=C(C)C4)ncnc2cc1OCCN1CCN(CC(C)=O)CC1. The number of carbonyl (C=O) groups excluding carboxylic acids is 1. The normalized spacial score (nSPS) is 16.2. The monoisotopic (exact) mass is 502 g/mol. The molecule has 8 heteroatoms. The smallest absolute Gasteiger partial charge is 0.230 e. The topological polar surface area (TPSA) is 77.0 Å². The molecule has 1 fully saturated rings. The number of piperazine rings is 1. The van der Waals surface area contributed by atoms with Gasteiger partial charge in [0, 0.05) is 38.8 Å². The molecule has 0 amide bonds. The highest BCUT2D eigenvalue weighted by atomic mass is 16.5. The molecule has 1 aliphatic heterocycles. The summed E-state index contributed by atoms with van der Waals surface area (Å²) in [5.41, 5.74) is 6.01. The lowest BCUT2D eigenvalue weighted by Crippen LogP contribution is -2.48. The first-order valence-electron chi connectivity index (χ1n) is 12.8. The first-order valence-corrected chi connectivity index (χ1v) is 12.8. The minimum atomic E-state index is 0.215. The van der Waals surface area contributed by atoms with Crippen molar-refractivity contribution in [3.63, 3.8) is 0 Å². The average Bonchev–Trinajstić information content (AvgIpc) is 3.17. The Morgan fingerprint density at radius 2 is 1.78 bits per heavy atom. The van der Waals surface area contributed by atoms with Crippen LogP contribution < -0.4 is 14.2 Å². The van der Waals surface area contributed by atoms with Gasteiger partial charge in [-0.2, -0.15) is 0 Å². The summed E-state index contributed by atoms with van der Waals surface area (Å²) in [7, 11) is 1.63. The molecule has 0 atom stereocenters. The van der Waals surface area contributed by atoms with Crippen LogP contribution in [-0.4, -0.2) is 78.5 Å². The van der Waals surface area contributed by atoms with E-state index in [0.29, 0.717) is 30.5 Å². The lowest BCUT2D eigenvalue weighted by molar-refractivity contribution is -0.118. The lowest BCUT2D eigenvalue weighted by atomic mass is 10.1. The van der Waals surface area contributed by atoms with Gasteiger partial charge in [-0.05, 0) is 62.1 Å². The van der Waals surface area contributed by atoms with Crippen LogP contribution in [0.4, 0.5) is 0 Å². The maximum atomic E-state index is 11.3. The van der Waals surface area contributed by atoms with Crippen molar-refractivity contribution >= 4 is 22.3 Å². The van der Waals surface area contributed by atoms with E-state index >= 15 is 0 Å². The molecule has 1 aliphatic carbocycles. The summed E-state index contributed by atoms with van der Waals surface area (Å²) in [4.78, 5) is 24.8. The van der Waals surface area contributed by atoms with Gasteiger partial charge in [0.15, 0.2) is 11.5 Å². The maximum Gasteiger partial charge on any atom is 0.230 e. The average molecular weight is 503 g/mol. The highest BCUT2D eigenvalue weighted by molar-refractivity contribution is 5.87. The van der Waals surface area contributed by atoms with E-state index in [-0.39, 0.29) is 5.78 Å². The third kappa shape index (κ3) is 5.60. The molecule has 1 saturated heterocycles. The molecule has 194 valence electrons. The van der Waals surface area contributed by atoms with Gasteiger partial charge < -0.3 is 14.2 Å². The second kappa shape index (κ2) is 10.9. The largest absolute Gasteiger partial charge is 0.493 e. The van der Waals surface area contributed by atoms with Crippen LogP contribution in [-0.2, 0) is 11.2 Å². The van der Waals surface area contributed by atoms with E-state index in [0.717, 1.165) is 55.8 Å². The molecular formula is C29H34N4O4. The molecule has 5 rings (SSSR count). The van der Waals surface area contributed by atoms with E-state index in [9.17, 15) is 4.79 Å². The van der Waals surface area contributed by atoms with E-state index in [2.05, 4.69) is 45.7 Å². The summed E-state index contributed by atoms with van der Waals surface area (Å²) < 4.78 is 18.0. The van der Waals surface area contributed by atoms with Gasteiger partial charge in [0.1, 0.15) is 24.5 Å². The minimum Gasteiger partial charge on any atom is -0.493 e. The minimum absolute atomic E-state index is 0.215. The van der Waals surface area contributed by atoms with Crippen LogP contribution in [0.15, 0.2) is 42.2 Å². The molecule has 2 heterocycles. The molecule has 37 heavy (non-hydrogen) atoms. The number of ether oxygens (including phenoxy) is 3. The Morgan fingerprint density at radius 1 is 1.00 bits per heavy atom. The van der Waals surface area contributed by atoms with Gasteiger partial charge in [-0.1, -0.05) is 11.6 Å². The van der Waals surface area contributed by atoms with Crippen LogP contribution in [0, 0.1) is 0 Å². The van der Waals surface area contributed by atoms with E-state index in [1.54, 1.807) is 14.0 Å². The summed E-state index contributed by atoms with van der Waals surface area (Å²) in [5, 5.41) is 0.761. The third-order valence-corrected chi connectivity index (χ3v) is 7.26. The molecule has 8 nitrogen and oxygen atoms in total. The molecule has 0 spiro atoms. The Hall–Kier alpha value is -3.49.